The second-order valence-electron chi connectivity index (χ2n) is 7.31. The molecule has 0 spiro atoms. The van der Waals surface area contributed by atoms with Gasteiger partial charge in [0.25, 0.3) is 0 Å². The van der Waals surface area contributed by atoms with E-state index in [1.165, 1.54) is 5.56 Å². The average Bonchev–Trinajstić information content (AvgIpc) is 3.14. The van der Waals surface area contributed by atoms with Crippen molar-refractivity contribution < 1.29 is 14.3 Å². The molecule has 0 saturated carbocycles. The molecule has 2 aliphatic rings. The van der Waals surface area contributed by atoms with Crippen molar-refractivity contribution in [1.29, 1.82) is 0 Å². The predicted molar refractivity (Wildman–Crippen MR) is 93.5 cm³/mol. The van der Waals surface area contributed by atoms with Crippen LogP contribution >= 0.6 is 0 Å². The van der Waals surface area contributed by atoms with E-state index in [0.29, 0.717) is 31.0 Å². The van der Waals surface area contributed by atoms with E-state index in [0.717, 1.165) is 32.4 Å². The molecule has 1 aromatic carbocycles. The third kappa shape index (κ3) is 4.17. The number of piperidine rings is 1. The van der Waals surface area contributed by atoms with Crippen LogP contribution in [0.1, 0.15) is 32.3 Å². The van der Waals surface area contributed by atoms with Crippen LogP contribution in [0.25, 0.3) is 0 Å². The van der Waals surface area contributed by atoms with E-state index in [1.807, 2.05) is 18.2 Å². The van der Waals surface area contributed by atoms with Crippen molar-refractivity contribution in [2.75, 3.05) is 26.3 Å². The van der Waals surface area contributed by atoms with Gasteiger partial charge in [-0.3, -0.25) is 4.79 Å². The highest BCUT2D eigenvalue weighted by Gasteiger charge is 2.34. The Kier molecular flexibility index (Phi) is 5.90. The maximum Gasteiger partial charge on any atom is 0.226 e. The number of carbonyl (C=O) groups is 1. The quantitative estimate of drug-likeness (QED) is 0.832. The molecule has 0 unspecified atom stereocenters. The van der Waals surface area contributed by atoms with Gasteiger partial charge < -0.3 is 14.4 Å². The van der Waals surface area contributed by atoms with Crippen molar-refractivity contribution in [3.8, 4) is 0 Å². The molecule has 0 aromatic heterocycles. The molecule has 0 bridgehead atoms. The highest BCUT2D eigenvalue weighted by Crippen LogP contribution is 2.28. The van der Waals surface area contributed by atoms with Crippen LogP contribution in [0.2, 0.25) is 0 Å². The molecule has 1 atom stereocenters. The summed E-state index contributed by atoms with van der Waals surface area (Å²) in [7, 11) is 0. The van der Waals surface area contributed by atoms with E-state index in [2.05, 4.69) is 30.9 Å². The van der Waals surface area contributed by atoms with E-state index in [4.69, 9.17) is 9.47 Å². The first kappa shape index (κ1) is 17.4. The number of hydrogen-bond donors (Lipinski definition) is 0. The van der Waals surface area contributed by atoms with Gasteiger partial charge in [-0.25, -0.2) is 0 Å². The van der Waals surface area contributed by atoms with Gasteiger partial charge >= 0.3 is 0 Å². The summed E-state index contributed by atoms with van der Waals surface area (Å²) in [6, 6.07) is 10.3. The van der Waals surface area contributed by atoms with Crippen molar-refractivity contribution in [3.63, 3.8) is 0 Å². The number of rotatable bonds is 5. The molecular formula is C20H29NO3. The molecule has 132 valence electrons. The number of carbonyl (C=O) groups excluding carboxylic acids is 1. The Morgan fingerprint density at radius 1 is 1.12 bits per heavy atom. The maximum absolute atomic E-state index is 13.0. The van der Waals surface area contributed by atoms with Gasteiger partial charge in [0.15, 0.2) is 6.29 Å². The molecule has 0 radical (unpaired) electrons. The molecular weight excluding hydrogens is 302 g/mol. The van der Waals surface area contributed by atoms with Crippen molar-refractivity contribution in [3.05, 3.63) is 35.9 Å². The number of likely N-dealkylation sites (tertiary alicyclic amines) is 1. The molecule has 24 heavy (non-hydrogen) atoms. The lowest BCUT2D eigenvalue weighted by Crippen LogP contribution is -2.45. The van der Waals surface area contributed by atoms with Crippen LogP contribution in [0.4, 0.5) is 0 Å². The summed E-state index contributed by atoms with van der Waals surface area (Å²) in [5.74, 6) is 1.14. The van der Waals surface area contributed by atoms with E-state index >= 15 is 0 Å². The van der Waals surface area contributed by atoms with Crippen molar-refractivity contribution in [2.45, 2.75) is 39.4 Å². The van der Waals surface area contributed by atoms with Gasteiger partial charge in [-0.2, -0.15) is 0 Å². The summed E-state index contributed by atoms with van der Waals surface area (Å²) in [6.45, 7) is 7.36. The Hall–Kier alpha value is -1.39. The van der Waals surface area contributed by atoms with Crippen molar-refractivity contribution >= 4 is 5.91 Å². The molecule has 2 fully saturated rings. The minimum atomic E-state index is -0.0486. The fourth-order valence-electron chi connectivity index (χ4n) is 3.75. The van der Waals surface area contributed by atoms with Gasteiger partial charge in [0.05, 0.1) is 13.2 Å². The van der Waals surface area contributed by atoms with Gasteiger partial charge in [-0.15, -0.1) is 0 Å². The van der Waals surface area contributed by atoms with Crippen LogP contribution in [-0.2, 0) is 20.7 Å². The molecule has 3 rings (SSSR count). The standard InChI is InChI=1S/C20H29NO3/c1-15(2)18(14-16-6-4-3-5-7-16)19(22)21-10-8-17(9-11-21)20-23-12-13-24-20/h3-7,15,17-18,20H,8-14H2,1-2H3/t18-/m0/s1. The van der Waals surface area contributed by atoms with E-state index < -0.39 is 0 Å². The molecule has 2 heterocycles. The van der Waals surface area contributed by atoms with Crippen LogP contribution in [0.5, 0.6) is 0 Å². The second-order valence-corrected chi connectivity index (χ2v) is 7.31. The van der Waals surface area contributed by atoms with Crippen LogP contribution in [-0.4, -0.2) is 43.4 Å². The minimum absolute atomic E-state index is 0.0486. The molecule has 0 aliphatic carbocycles. The van der Waals surface area contributed by atoms with Gasteiger partial charge in [0.1, 0.15) is 0 Å². The zero-order chi connectivity index (χ0) is 16.9. The topological polar surface area (TPSA) is 38.8 Å². The van der Waals surface area contributed by atoms with Gasteiger partial charge in [0, 0.05) is 24.9 Å². The summed E-state index contributed by atoms with van der Waals surface area (Å²) in [4.78, 5) is 15.1. The van der Waals surface area contributed by atoms with Crippen LogP contribution in [0, 0.1) is 17.8 Å². The Balaban J connectivity index is 1.57. The number of ether oxygens (including phenoxy) is 2. The highest BCUT2D eigenvalue weighted by molar-refractivity contribution is 5.79. The SMILES string of the molecule is CC(C)[C@H](Cc1ccccc1)C(=O)N1CCC(C2OCCO2)CC1. The molecule has 2 saturated heterocycles. The fourth-order valence-corrected chi connectivity index (χ4v) is 3.75. The van der Waals surface area contributed by atoms with Crippen LogP contribution in [0.15, 0.2) is 30.3 Å². The summed E-state index contributed by atoms with van der Waals surface area (Å²) in [5, 5.41) is 0. The third-order valence-electron chi connectivity index (χ3n) is 5.30. The molecule has 2 aliphatic heterocycles. The molecule has 4 nitrogen and oxygen atoms in total. The Bertz CT molecular complexity index is 517. The number of hydrogen-bond acceptors (Lipinski definition) is 3. The lowest BCUT2D eigenvalue weighted by Gasteiger charge is -2.36. The van der Waals surface area contributed by atoms with Gasteiger partial charge in [-0.05, 0) is 30.7 Å². The zero-order valence-electron chi connectivity index (χ0n) is 14.8. The Labute approximate surface area is 145 Å². The molecule has 0 N–H and O–H groups in total. The van der Waals surface area contributed by atoms with Crippen LogP contribution in [0.3, 0.4) is 0 Å². The average molecular weight is 331 g/mol. The predicted octanol–water partition coefficient (Wildman–Crippen LogP) is 3.11. The summed E-state index contributed by atoms with van der Waals surface area (Å²) < 4.78 is 11.3. The lowest BCUT2D eigenvalue weighted by atomic mass is 9.86. The van der Waals surface area contributed by atoms with Crippen LogP contribution < -0.4 is 0 Å². The molecule has 4 heteroatoms. The smallest absolute Gasteiger partial charge is 0.226 e. The number of amides is 1. The van der Waals surface area contributed by atoms with Gasteiger partial charge in [0.2, 0.25) is 5.91 Å². The first-order valence-electron chi connectivity index (χ1n) is 9.21. The first-order valence-corrected chi connectivity index (χ1v) is 9.21. The first-order chi connectivity index (χ1) is 11.6. The summed E-state index contributed by atoms with van der Waals surface area (Å²) in [6.07, 6.45) is 2.73. The molecule has 1 aromatic rings. The number of benzene rings is 1. The van der Waals surface area contributed by atoms with Crippen molar-refractivity contribution in [1.82, 2.24) is 4.90 Å². The zero-order valence-corrected chi connectivity index (χ0v) is 14.8. The van der Waals surface area contributed by atoms with E-state index in [1.54, 1.807) is 0 Å². The summed E-state index contributed by atoms with van der Waals surface area (Å²) in [5.41, 5.74) is 1.24. The van der Waals surface area contributed by atoms with Gasteiger partial charge in [-0.1, -0.05) is 44.2 Å². The normalized spacial score (nSPS) is 21.4. The Morgan fingerprint density at radius 2 is 1.75 bits per heavy atom. The monoisotopic (exact) mass is 331 g/mol. The van der Waals surface area contributed by atoms with E-state index in [9.17, 15) is 4.79 Å². The fraction of sp³-hybridized carbons (Fsp3) is 0.650. The third-order valence-corrected chi connectivity index (χ3v) is 5.30. The minimum Gasteiger partial charge on any atom is -0.350 e. The lowest BCUT2D eigenvalue weighted by molar-refractivity contribution is -0.142. The molecule has 1 amide bonds. The largest absolute Gasteiger partial charge is 0.350 e. The van der Waals surface area contributed by atoms with Crippen molar-refractivity contribution in [2.24, 2.45) is 17.8 Å². The highest BCUT2D eigenvalue weighted by atomic mass is 16.7. The second kappa shape index (κ2) is 8.13. The summed E-state index contributed by atoms with van der Waals surface area (Å²) >= 11 is 0. The van der Waals surface area contributed by atoms with E-state index in [-0.39, 0.29) is 12.2 Å². The number of nitrogens with zero attached hydrogens (tertiary/aromatic N) is 1. The maximum atomic E-state index is 13.0. The Morgan fingerprint density at radius 3 is 2.33 bits per heavy atom.